The van der Waals surface area contributed by atoms with Crippen molar-refractivity contribution >= 4 is 8.80 Å². The normalized spacial score (nSPS) is 24.5. The van der Waals surface area contributed by atoms with E-state index in [1.807, 2.05) is 0 Å². The van der Waals surface area contributed by atoms with E-state index >= 15 is 0 Å². The van der Waals surface area contributed by atoms with Crippen LogP contribution in [0.1, 0.15) is 12.8 Å². The minimum atomic E-state index is -2.29. The first-order valence-corrected chi connectivity index (χ1v) is 6.71. The van der Waals surface area contributed by atoms with Gasteiger partial charge in [0.05, 0.1) is 6.61 Å². The van der Waals surface area contributed by atoms with Crippen molar-refractivity contribution in [1.29, 1.82) is 0 Å². The molecule has 0 radical (unpaired) electrons. The summed E-state index contributed by atoms with van der Waals surface area (Å²) in [6, 6.07) is 0.932. The Kier molecular flexibility index (Phi) is 4.90. The third-order valence-corrected chi connectivity index (χ3v) is 5.16. The lowest BCUT2D eigenvalue weighted by Crippen LogP contribution is -2.44. The van der Waals surface area contributed by atoms with Gasteiger partial charge in [0.1, 0.15) is 0 Å². The molecule has 0 aromatic carbocycles. The Bertz CT molecular complexity index is 129. The second kappa shape index (κ2) is 5.72. The van der Waals surface area contributed by atoms with E-state index in [1.165, 1.54) is 6.42 Å². The van der Waals surface area contributed by atoms with Gasteiger partial charge in [-0.15, -0.1) is 0 Å². The number of hydrogen-bond acceptors (Lipinski definition) is 4. The van der Waals surface area contributed by atoms with Gasteiger partial charge in [0.2, 0.25) is 0 Å². The highest BCUT2D eigenvalue weighted by atomic mass is 28.4. The maximum atomic E-state index is 5.68. The molecule has 0 aromatic rings. The van der Waals surface area contributed by atoms with Crippen LogP contribution < -0.4 is 5.32 Å². The zero-order chi connectivity index (χ0) is 9.57. The standard InChI is InChI=1S/C8H19NO3Si/c1-10-13(11-2)8-4-3-5-9-6-7-12-13/h9H,3-8H2,1-2H3. The summed E-state index contributed by atoms with van der Waals surface area (Å²) in [4.78, 5) is 0. The Morgan fingerprint density at radius 1 is 1.15 bits per heavy atom. The highest BCUT2D eigenvalue weighted by Crippen LogP contribution is 2.17. The molecular weight excluding hydrogens is 186 g/mol. The topological polar surface area (TPSA) is 39.7 Å². The second-order valence-corrected chi connectivity index (χ2v) is 6.12. The first-order valence-electron chi connectivity index (χ1n) is 4.78. The summed E-state index contributed by atoms with van der Waals surface area (Å²) in [5.41, 5.74) is 0. The molecule has 4 nitrogen and oxygen atoms in total. The quantitative estimate of drug-likeness (QED) is 0.671. The predicted molar refractivity (Wildman–Crippen MR) is 52.6 cm³/mol. The molecule has 0 bridgehead atoms. The Morgan fingerprint density at radius 3 is 2.62 bits per heavy atom. The van der Waals surface area contributed by atoms with Crippen molar-refractivity contribution in [3.63, 3.8) is 0 Å². The molecule has 1 saturated heterocycles. The average molecular weight is 205 g/mol. The van der Waals surface area contributed by atoms with Gasteiger partial charge in [0.25, 0.3) is 0 Å². The lowest BCUT2D eigenvalue weighted by molar-refractivity contribution is 0.100. The van der Waals surface area contributed by atoms with Crippen LogP contribution in [0.25, 0.3) is 0 Å². The molecule has 1 fully saturated rings. The maximum absolute atomic E-state index is 5.68. The van der Waals surface area contributed by atoms with Gasteiger partial charge in [0, 0.05) is 26.8 Å². The molecular formula is C8H19NO3Si. The molecule has 1 rings (SSSR count). The molecule has 0 unspecified atom stereocenters. The number of rotatable bonds is 2. The zero-order valence-corrected chi connectivity index (χ0v) is 9.47. The van der Waals surface area contributed by atoms with Gasteiger partial charge < -0.3 is 18.6 Å². The molecule has 0 amide bonds. The molecule has 78 valence electrons. The highest BCUT2D eigenvalue weighted by Gasteiger charge is 2.38. The van der Waals surface area contributed by atoms with E-state index in [1.54, 1.807) is 14.2 Å². The number of nitrogens with one attached hydrogen (secondary N) is 1. The lowest BCUT2D eigenvalue weighted by Gasteiger charge is -2.25. The molecule has 0 saturated carbocycles. The molecule has 1 N–H and O–H groups in total. The fraction of sp³-hybridized carbons (Fsp3) is 1.00. The molecule has 1 aliphatic heterocycles. The minimum absolute atomic E-state index is 0.688. The van der Waals surface area contributed by atoms with Crippen molar-refractivity contribution in [1.82, 2.24) is 5.32 Å². The van der Waals surface area contributed by atoms with Gasteiger partial charge in [0.15, 0.2) is 0 Å². The molecule has 0 spiro atoms. The van der Waals surface area contributed by atoms with Crippen molar-refractivity contribution in [2.75, 3.05) is 33.9 Å². The van der Waals surface area contributed by atoms with E-state index < -0.39 is 8.80 Å². The average Bonchev–Trinajstić information content (AvgIpc) is 2.29. The molecule has 0 aromatic heterocycles. The van der Waals surface area contributed by atoms with Gasteiger partial charge in [-0.3, -0.25) is 0 Å². The summed E-state index contributed by atoms with van der Waals surface area (Å²) in [5.74, 6) is 0. The van der Waals surface area contributed by atoms with Crippen LogP contribution in [0.3, 0.4) is 0 Å². The summed E-state index contributed by atoms with van der Waals surface area (Å²) in [6.07, 6.45) is 2.28. The van der Waals surface area contributed by atoms with E-state index in [0.29, 0.717) is 6.61 Å². The van der Waals surface area contributed by atoms with Gasteiger partial charge in [-0.2, -0.15) is 0 Å². The summed E-state index contributed by atoms with van der Waals surface area (Å²) in [6.45, 7) is 2.65. The van der Waals surface area contributed by atoms with Crippen LogP contribution >= 0.6 is 0 Å². The fourth-order valence-corrected chi connectivity index (χ4v) is 3.52. The van der Waals surface area contributed by atoms with E-state index in [4.69, 9.17) is 13.3 Å². The first-order chi connectivity index (χ1) is 6.33. The van der Waals surface area contributed by atoms with Crippen molar-refractivity contribution < 1.29 is 13.3 Å². The van der Waals surface area contributed by atoms with E-state index in [0.717, 1.165) is 25.6 Å². The Hall–Kier alpha value is 0.0569. The largest absolute Gasteiger partial charge is 0.500 e. The van der Waals surface area contributed by atoms with Crippen LogP contribution in [-0.4, -0.2) is 42.7 Å². The van der Waals surface area contributed by atoms with Crippen molar-refractivity contribution in [3.05, 3.63) is 0 Å². The third-order valence-electron chi connectivity index (χ3n) is 2.31. The Morgan fingerprint density at radius 2 is 1.92 bits per heavy atom. The van der Waals surface area contributed by atoms with E-state index in [9.17, 15) is 0 Å². The second-order valence-electron chi connectivity index (χ2n) is 3.15. The first kappa shape index (κ1) is 11.1. The third kappa shape index (κ3) is 3.36. The van der Waals surface area contributed by atoms with Crippen LogP contribution in [0.4, 0.5) is 0 Å². The fourth-order valence-electron chi connectivity index (χ4n) is 1.47. The predicted octanol–water partition coefficient (Wildman–Crippen LogP) is 0.618. The van der Waals surface area contributed by atoms with Crippen molar-refractivity contribution in [2.45, 2.75) is 18.9 Å². The van der Waals surface area contributed by atoms with Crippen LogP contribution in [0.2, 0.25) is 6.04 Å². The molecule has 0 atom stereocenters. The SMILES string of the molecule is CO[Si]1(OC)CCCCNCCO1. The van der Waals surface area contributed by atoms with Crippen LogP contribution in [0.5, 0.6) is 0 Å². The highest BCUT2D eigenvalue weighted by molar-refractivity contribution is 6.60. The van der Waals surface area contributed by atoms with Crippen LogP contribution in [-0.2, 0) is 13.3 Å². The lowest BCUT2D eigenvalue weighted by atomic mass is 10.3. The molecule has 1 heterocycles. The van der Waals surface area contributed by atoms with E-state index in [2.05, 4.69) is 5.32 Å². The van der Waals surface area contributed by atoms with Gasteiger partial charge >= 0.3 is 8.80 Å². The van der Waals surface area contributed by atoms with Crippen LogP contribution in [0, 0.1) is 0 Å². The van der Waals surface area contributed by atoms with Gasteiger partial charge in [-0.1, -0.05) is 0 Å². The smallest absolute Gasteiger partial charge is 0.377 e. The van der Waals surface area contributed by atoms with Gasteiger partial charge in [-0.05, 0) is 19.4 Å². The monoisotopic (exact) mass is 205 g/mol. The minimum Gasteiger partial charge on any atom is -0.377 e. The van der Waals surface area contributed by atoms with Crippen LogP contribution in [0.15, 0.2) is 0 Å². The summed E-state index contributed by atoms with van der Waals surface area (Å²) in [5, 5.41) is 3.30. The van der Waals surface area contributed by atoms with Gasteiger partial charge in [-0.25, -0.2) is 0 Å². The molecule has 13 heavy (non-hydrogen) atoms. The summed E-state index contributed by atoms with van der Waals surface area (Å²) in [7, 11) is 1.08. The Balaban J connectivity index is 2.47. The number of hydrogen-bond donors (Lipinski definition) is 1. The Labute approximate surface area is 80.9 Å². The van der Waals surface area contributed by atoms with Crippen molar-refractivity contribution in [2.24, 2.45) is 0 Å². The zero-order valence-electron chi connectivity index (χ0n) is 8.47. The summed E-state index contributed by atoms with van der Waals surface area (Å²) >= 11 is 0. The maximum Gasteiger partial charge on any atom is 0.500 e. The molecule has 1 aliphatic rings. The van der Waals surface area contributed by atoms with E-state index in [-0.39, 0.29) is 0 Å². The molecule has 5 heteroatoms. The van der Waals surface area contributed by atoms with Crippen molar-refractivity contribution in [3.8, 4) is 0 Å². The molecule has 0 aliphatic carbocycles. The summed E-state index contributed by atoms with van der Waals surface area (Å²) < 4.78 is 16.5.